The summed E-state index contributed by atoms with van der Waals surface area (Å²) < 4.78 is 22.6. The number of aliphatic hydroxyl groups excluding tert-OH is 1. The Balaban J connectivity index is 1.96. The molecule has 1 aromatic carbocycles. The van der Waals surface area contributed by atoms with Gasteiger partial charge in [0.25, 0.3) is 0 Å². The number of ether oxygens (including phenoxy) is 4. The smallest absolute Gasteiger partial charge is 0.231 e. The van der Waals surface area contributed by atoms with E-state index in [2.05, 4.69) is 21.1 Å². The molecule has 1 atom stereocenters. The Labute approximate surface area is 135 Å². The van der Waals surface area contributed by atoms with Crippen molar-refractivity contribution in [3.05, 3.63) is 10.0 Å². The maximum Gasteiger partial charge on any atom is 0.231 e. The first-order chi connectivity index (χ1) is 10.7. The van der Waals surface area contributed by atoms with Gasteiger partial charge >= 0.3 is 0 Å². The summed E-state index contributed by atoms with van der Waals surface area (Å²) in [6.45, 7) is 0.0227. The van der Waals surface area contributed by atoms with Crippen LogP contribution in [0.4, 0.5) is 0 Å². The minimum absolute atomic E-state index is 0.0980. The molecule has 2 aliphatic rings. The van der Waals surface area contributed by atoms with Gasteiger partial charge in [-0.25, -0.2) is 0 Å². The predicted octanol–water partition coefficient (Wildman–Crippen LogP) is 1.87. The lowest BCUT2D eigenvalue weighted by atomic mass is 10.0. The minimum atomic E-state index is -0.169. The van der Waals surface area contributed by atoms with E-state index in [4.69, 9.17) is 28.9 Å². The third kappa shape index (κ3) is 2.46. The maximum absolute atomic E-state index is 9.11. The molecule has 0 aromatic heterocycles. The molecule has 0 unspecified atom stereocenters. The molecule has 0 bridgehead atoms. The summed E-state index contributed by atoms with van der Waals surface area (Å²) in [5, 5.41) is 13.0. The van der Waals surface area contributed by atoms with Crippen LogP contribution in [0, 0.1) is 0 Å². The molecule has 22 heavy (non-hydrogen) atoms. The topological polar surface area (TPSA) is 78.7 Å². The number of nitrogens with zero attached hydrogens (tertiary/aromatic N) is 1. The van der Waals surface area contributed by atoms with Gasteiger partial charge in [-0.15, -0.1) is 0 Å². The summed E-state index contributed by atoms with van der Waals surface area (Å²) in [5.74, 6) is 2.19. The number of hydrogen-bond acceptors (Lipinski definition) is 7. The molecular formula is C14H16BrNO6. The van der Waals surface area contributed by atoms with Gasteiger partial charge in [-0.2, -0.15) is 0 Å². The van der Waals surface area contributed by atoms with Crippen molar-refractivity contribution in [3.8, 4) is 23.0 Å². The SMILES string of the molecule is COc1c(Br)c(C[C@@H]2CC(CO)=NO2)c(OC)c2c1OCO2. The summed E-state index contributed by atoms with van der Waals surface area (Å²) in [5.41, 5.74) is 1.48. The number of benzene rings is 1. The van der Waals surface area contributed by atoms with Crippen LogP contribution in [-0.4, -0.2) is 44.5 Å². The van der Waals surface area contributed by atoms with E-state index in [1.165, 1.54) is 0 Å². The van der Waals surface area contributed by atoms with Crippen molar-refractivity contribution in [1.82, 2.24) is 0 Å². The van der Waals surface area contributed by atoms with Crippen molar-refractivity contribution in [3.63, 3.8) is 0 Å². The zero-order valence-corrected chi connectivity index (χ0v) is 13.8. The molecule has 0 radical (unpaired) electrons. The Bertz CT molecular complexity index is 618. The van der Waals surface area contributed by atoms with Crippen molar-refractivity contribution in [1.29, 1.82) is 0 Å². The van der Waals surface area contributed by atoms with Gasteiger partial charge in [-0.3, -0.25) is 0 Å². The molecular weight excluding hydrogens is 358 g/mol. The van der Waals surface area contributed by atoms with Crippen molar-refractivity contribution in [2.24, 2.45) is 5.16 Å². The Kier molecular flexibility index (Phi) is 4.30. The molecule has 0 saturated heterocycles. The molecule has 1 N–H and O–H groups in total. The third-order valence-electron chi connectivity index (χ3n) is 3.58. The van der Waals surface area contributed by atoms with E-state index in [1.54, 1.807) is 14.2 Å². The van der Waals surface area contributed by atoms with Gasteiger partial charge in [-0.1, -0.05) is 5.16 Å². The highest BCUT2D eigenvalue weighted by atomic mass is 79.9. The monoisotopic (exact) mass is 373 g/mol. The van der Waals surface area contributed by atoms with Crippen LogP contribution in [0.3, 0.4) is 0 Å². The quantitative estimate of drug-likeness (QED) is 0.848. The van der Waals surface area contributed by atoms with Crippen LogP contribution < -0.4 is 18.9 Å². The van der Waals surface area contributed by atoms with E-state index in [1.807, 2.05) is 0 Å². The average Bonchev–Trinajstić information content (AvgIpc) is 3.17. The number of oxime groups is 1. The van der Waals surface area contributed by atoms with Gasteiger partial charge < -0.3 is 28.9 Å². The maximum atomic E-state index is 9.11. The number of fused-ring (bicyclic) bond motifs is 1. The molecule has 8 heteroatoms. The number of aliphatic hydroxyl groups is 1. The van der Waals surface area contributed by atoms with Crippen LogP contribution >= 0.6 is 15.9 Å². The predicted molar refractivity (Wildman–Crippen MR) is 81.1 cm³/mol. The molecule has 0 saturated carbocycles. The van der Waals surface area contributed by atoms with Gasteiger partial charge in [0.15, 0.2) is 11.5 Å². The first-order valence-electron chi connectivity index (χ1n) is 6.73. The summed E-state index contributed by atoms with van der Waals surface area (Å²) in [7, 11) is 3.14. The fourth-order valence-corrected chi connectivity index (χ4v) is 3.27. The standard InChI is InChI=1S/C14H16BrNO6/c1-18-11-9(4-8-3-7(5-17)16-22-8)10(15)12(19-2)14-13(11)20-6-21-14/h8,17H,3-6H2,1-2H3/t8-/m0/s1. The molecule has 2 aliphatic heterocycles. The van der Waals surface area contributed by atoms with E-state index in [9.17, 15) is 0 Å². The zero-order chi connectivity index (χ0) is 15.7. The minimum Gasteiger partial charge on any atom is -0.492 e. The van der Waals surface area contributed by atoms with Crippen molar-refractivity contribution in [2.75, 3.05) is 27.6 Å². The van der Waals surface area contributed by atoms with Crippen LogP contribution in [0.25, 0.3) is 0 Å². The zero-order valence-electron chi connectivity index (χ0n) is 12.2. The second kappa shape index (κ2) is 6.21. The van der Waals surface area contributed by atoms with Crippen molar-refractivity contribution in [2.45, 2.75) is 18.9 Å². The lowest BCUT2D eigenvalue weighted by Gasteiger charge is -2.18. The normalized spacial score (nSPS) is 18.9. The molecule has 3 rings (SSSR count). The van der Waals surface area contributed by atoms with Gasteiger partial charge in [-0.05, 0) is 15.9 Å². The molecule has 0 aliphatic carbocycles. The van der Waals surface area contributed by atoms with Gasteiger partial charge in [0.1, 0.15) is 6.10 Å². The first kappa shape index (κ1) is 15.2. The van der Waals surface area contributed by atoms with Gasteiger partial charge in [0.05, 0.1) is 31.0 Å². The van der Waals surface area contributed by atoms with E-state index < -0.39 is 0 Å². The fourth-order valence-electron chi connectivity index (χ4n) is 2.59. The Morgan fingerprint density at radius 2 is 1.91 bits per heavy atom. The average molecular weight is 374 g/mol. The largest absolute Gasteiger partial charge is 0.492 e. The fraction of sp³-hybridized carbons (Fsp3) is 0.500. The molecule has 0 amide bonds. The summed E-state index contributed by atoms with van der Waals surface area (Å²) >= 11 is 3.54. The Hall–Kier alpha value is -1.67. The summed E-state index contributed by atoms with van der Waals surface area (Å²) in [4.78, 5) is 5.35. The van der Waals surface area contributed by atoms with E-state index in [-0.39, 0.29) is 19.5 Å². The summed E-state index contributed by atoms with van der Waals surface area (Å²) in [6.07, 6.45) is 0.935. The van der Waals surface area contributed by atoms with Crippen molar-refractivity contribution < 1.29 is 28.9 Å². The van der Waals surface area contributed by atoms with Gasteiger partial charge in [0.2, 0.25) is 18.3 Å². The molecule has 120 valence electrons. The first-order valence-corrected chi connectivity index (χ1v) is 7.53. The lowest BCUT2D eigenvalue weighted by Crippen LogP contribution is -2.14. The number of rotatable bonds is 5. The molecule has 0 spiro atoms. The number of hydrogen-bond donors (Lipinski definition) is 1. The highest BCUT2D eigenvalue weighted by Gasteiger charge is 2.33. The second-order valence-corrected chi connectivity index (χ2v) is 5.67. The lowest BCUT2D eigenvalue weighted by molar-refractivity contribution is 0.0851. The van der Waals surface area contributed by atoms with Crippen molar-refractivity contribution >= 4 is 21.6 Å². The molecule has 2 heterocycles. The molecule has 1 aromatic rings. The van der Waals surface area contributed by atoms with Crippen LogP contribution in [0.2, 0.25) is 0 Å². The summed E-state index contributed by atoms with van der Waals surface area (Å²) in [6, 6.07) is 0. The molecule has 7 nitrogen and oxygen atoms in total. The van der Waals surface area contributed by atoms with Crippen LogP contribution in [0.15, 0.2) is 9.63 Å². The number of methoxy groups -OCH3 is 2. The van der Waals surface area contributed by atoms with Crippen LogP contribution in [0.1, 0.15) is 12.0 Å². The Morgan fingerprint density at radius 3 is 2.50 bits per heavy atom. The highest BCUT2D eigenvalue weighted by Crippen LogP contribution is 2.54. The molecule has 0 fully saturated rings. The van der Waals surface area contributed by atoms with Crippen LogP contribution in [0.5, 0.6) is 23.0 Å². The van der Waals surface area contributed by atoms with E-state index in [0.29, 0.717) is 41.6 Å². The number of halogens is 1. The van der Waals surface area contributed by atoms with Gasteiger partial charge in [0, 0.05) is 18.4 Å². The third-order valence-corrected chi connectivity index (χ3v) is 4.42. The van der Waals surface area contributed by atoms with E-state index >= 15 is 0 Å². The highest BCUT2D eigenvalue weighted by molar-refractivity contribution is 9.10. The van der Waals surface area contributed by atoms with Crippen LogP contribution in [-0.2, 0) is 11.3 Å². The Morgan fingerprint density at radius 1 is 1.23 bits per heavy atom. The van der Waals surface area contributed by atoms with E-state index in [0.717, 1.165) is 10.0 Å². The second-order valence-electron chi connectivity index (χ2n) is 4.88.